The first-order valence-corrected chi connectivity index (χ1v) is 7.60. The fraction of sp³-hybridized carbons (Fsp3) is 0.833. The molecular weight excluding hydrogens is 264 g/mol. The van der Waals surface area contributed by atoms with Gasteiger partial charge in [0.15, 0.2) is 0 Å². The van der Waals surface area contributed by atoms with E-state index < -0.39 is 0 Å². The van der Waals surface area contributed by atoms with Gasteiger partial charge in [-0.3, -0.25) is 4.79 Å². The van der Waals surface area contributed by atoms with Gasteiger partial charge in [-0.25, -0.2) is 4.68 Å². The first kappa shape index (κ1) is 14.3. The van der Waals surface area contributed by atoms with Crippen LogP contribution in [0.5, 0.6) is 0 Å². The lowest BCUT2D eigenvalue weighted by atomic mass is 9.87. The summed E-state index contributed by atoms with van der Waals surface area (Å²) in [4.78, 5) is 11.3. The lowest BCUT2D eigenvalue weighted by Crippen LogP contribution is -2.19. The van der Waals surface area contributed by atoms with E-state index in [1.165, 1.54) is 43.9 Å². The van der Waals surface area contributed by atoms with Crippen molar-refractivity contribution < 1.29 is 9.53 Å². The number of ether oxygens (including phenoxy) is 1. The maximum Gasteiger partial charge on any atom is 0.327 e. The second-order valence-corrected chi connectivity index (χ2v) is 6.14. The van der Waals surface area contributed by atoms with Crippen molar-refractivity contribution in [2.45, 2.75) is 56.0 Å². The average Bonchev–Trinajstić information content (AvgIpc) is 2.86. The normalized spacial score (nSPS) is 23.3. The molecule has 7 heteroatoms. The van der Waals surface area contributed by atoms with Crippen LogP contribution in [0.2, 0.25) is 0 Å². The van der Waals surface area contributed by atoms with Gasteiger partial charge in [0.05, 0.1) is 7.11 Å². The first-order valence-electron chi connectivity index (χ1n) is 6.72. The number of carbonyl (C=O) groups excluding carboxylic acids is 1. The lowest BCUT2D eigenvalue weighted by Gasteiger charge is -2.27. The fourth-order valence-electron chi connectivity index (χ4n) is 2.44. The van der Waals surface area contributed by atoms with Crippen LogP contribution in [-0.2, 0) is 16.1 Å². The van der Waals surface area contributed by atoms with Crippen molar-refractivity contribution >= 4 is 17.7 Å². The molecule has 0 aromatic carbocycles. The molecule has 6 nitrogen and oxygen atoms in total. The fourth-order valence-corrected chi connectivity index (χ4v) is 3.69. The lowest BCUT2D eigenvalue weighted by molar-refractivity contribution is -0.141. The Labute approximate surface area is 117 Å². The molecule has 0 saturated heterocycles. The summed E-state index contributed by atoms with van der Waals surface area (Å²) in [5.74, 6) is 0.486. The number of rotatable bonds is 5. The van der Waals surface area contributed by atoms with Crippen LogP contribution in [0.4, 0.5) is 0 Å². The molecule has 0 N–H and O–H groups in total. The first-order chi connectivity index (χ1) is 9.22. The molecule has 1 aliphatic rings. The molecule has 1 saturated carbocycles. The Kier molecular flexibility index (Phi) is 5.18. The van der Waals surface area contributed by atoms with E-state index in [9.17, 15) is 4.79 Å². The predicted molar refractivity (Wildman–Crippen MR) is 71.7 cm³/mol. The number of hydrogen-bond acceptors (Lipinski definition) is 6. The Morgan fingerprint density at radius 1 is 1.53 bits per heavy atom. The third-order valence-corrected chi connectivity index (χ3v) is 4.85. The molecule has 0 radical (unpaired) electrons. The van der Waals surface area contributed by atoms with Gasteiger partial charge in [0, 0.05) is 5.25 Å². The summed E-state index contributed by atoms with van der Waals surface area (Å²) >= 11 is 1.69. The molecule has 1 fully saturated rings. The zero-order valence-electron chi connectivity index (χ0n) is 11.4. The van der Waals surface area contributed by atoms with Gasteiger partial charge in [0.2, 0.25) is 5.16 Å². The van der Waals surface area contributed by atoms with E-state index in [1.54, 1.807) is 11.8 Å². The number of hydrogen-bond donors (Lipinski definition) is 0. The van der Waals surface area contributed by atoms with E-state index in [1.807, 2.05) is 0 Å². The molecule has 1 heterocycles. The summed E-state index contributed by atoms with van der Waals surface area (Å²) in [7, 11) is 1.37. The summed E-state index contributed by atoms with van der Waals surface area (Å²) in [6.07, 6.45) is 6.26. The number of esters is 1. The van der Waals surface area contributed by atoms with Crippen molar-refractivity contribution in [1.29, 1.82) is 0 Å². The van der Waals surface area contributed by atoms with E-state index in [-0.39, 0.29) is 12.5 Å². The van der Waals surface area contributed by atoms with Gasteiger partial charge >= 0.3 is 5.97 Å². The van der Waals surface area contributed by atoms with E-state index in [0.717, 1.165) is 5.92 Å². The van der Waals surface area contributed by atoms with Crippen molar-refractivity contribution in [3.8, 4) is 0 Å². The van der Waals surface area contributed by atoms with E-state index in [4.69, 9.17) is 0 Å². The second-order valence-electron chi connectivity index (χ2n) is 4.88. The van der Waals surface area contributed by atoms with E-state index in [0.29, 0.717) is 10.4 Å². The largest absolute Gasteiger partial charge is 0.468 e. The quantitative estimate of drug-likeness (QED) is 0.769. The van der Waals surface area contributed by atoms with Crippen molar-refractivity contribution in [3.63, 3.8) is 0 Å². The van der Waals surface area contributed by atoms with Crippen LogP contribution in [0.25, 0.3) is 0 Å². The SMILES string of the molecule is CCC1CCCC(Sc2nnnn2CC(=O)OC)C1. The summed E-state index contributed by atoms with van der Waals surface area (Å²) in [5, 5.41) is 12.8. The standard InChI is InChI=1S/C12H20N4O2S/c1-3-9-5-4-6-10(7-9)19-12-13-14-15-16(12)8-11(17)18-2/h9-10H,3-8H2,1-2H3. The number of tetrazole rings is 1. The third kappa shape index (κ3) is 3.92. The van der Waals surface area contributed by atoms with Crippen LogP contribution in [0, 0.1) is 5.92 Å². The Hall–Kier alpha value is -1.11. The van der Waals surface area contributed by atoms with Gasteiger partial charge in [0.1, 0.15) is 6.54 Å². The molecule has 106 valence electrons. The maximum absolute atomic E-state index is 11.3. The molecule has 19 heavy (non-hydrogen) atoms. The monoisotopic (exact) mass is 284 g/mol. The molecule has 0 bridgehead atoms. The maximum atomic E-state index is 11.3. The highest BCUT2D eigenvalue weighted by Crippen LogP contribution is 2.36. The van der Waals surface area contributed by atoms with Crippen LogP contribution in [0.3, 0.4) is 0 Å². The molecule has 1 aromatic rings. The number of aromatic nitrogens is 4. The molecule has 2 unspecified atom stereocenters. The number of carbonyl (C=O) groups is 1. The summed E-state index contributed by atoms with van der Waals surface area (Å²) in [6.45, 7) is 2.33. The Morgan fingerprint density at radius 3 is 3.11 bits per heavy atom. The molecular formula is C12H20N4O2S. The van der Waals surface area contributed by atoms with Crippen LogP contribution in [-0.4, -0.2) is 38.5 Å². The van der Waals surface area contributed by atoms with Crippen LogP contribution in [0.1, 0.15) is 39.0 Å². The number of thioether (sulfide) groups is 1. The van der Waals surface area contributed by atoms with Gasteiger partial charge < -0.3 is 4.74 Å². The van der Waals surface area contributed by atoms with E-state index in [2.05, 4.69) is 27.2 Å². The third-order valence-electron chi connectivity index (χ3n) is 3.59. The number of methoxy groups -OCH3 is 1. The Morgan fingerprint density at radius 2 is 2.37 bits per heavy atom. The highest BCUT2D eigenvalue weighted by molar-refractivity contribution is 7.99. The molecule has 2 rings (SSSR count). The van der Waals surface area contributed by atoms with Crippen LogP contribution in [0.15, 0.2) is 5.16 Å². The van der Waals surface area contributed by atoms with E-state index >= 15 is 0 Å². The van der Waals surface area contributed by atoms with Gasteiger partial charge in [-0.15, -0.1) is 5.10 Å². The molecule has 0 amide bonds. The minimum absolute atomic E-state index is 0.0791. The van der Waals surface area contributed by atoms with Gasteiger partial charge in [0.25, 0.3) is 0 Å². The van der Waals surface area contributed by atoms with Gasteiger partial charge in [-0.05, 0) is 29.2 Å². The van der Waals surface area contributed by atoms with Crippen LogP contribution < -0.4 is 0 Å². The second kappa shape index (κ2) is 6.88. The molecule has 0 aliphatic heterocycles. The average molecular weight is 284 g/mol. The van der Waals surface area contributed by atoms with Crippen molar-refractivity contribution in [2.75, 3.05) is 7.11 Å². The summed E-state index contributed by atoms with van der Waals surface area (Å²) in [6, 6.07) is 0. The van der Waals surface area contributed by atoms with Gasteiger partial charge in [-0.1, -0.05) is 37.9 Å². The van der Waals surface area contributed by atoms with Crippen molar-refractivity contribution in [1.82, 2.24) is 20.2 Å². The highest BCUT2D eigenvalue weighted by Gasteiger charge is 2.24. The summed E-state index contributed by atoms with van der Waals surface area (Å²) in [5.41, 5.74) is 0. The van der Waals surface area contributed by atoms with Crippen molar-refractivity contribution in [3.05, 3.63) is 0 Å². The molecule has 0 spiro atoms. The predicted octanol–water partition coefficient (Wildman–Crippen LogP) is 1.91. The minimum Gasteiger partial charge on any atom is -0.468 e. The highest BCUT2D eigenvalue weighted by atomic mass is 32.2. The van der Waals surface area contributed by atoms with Gasteiger partial charge in [-0.2, -0.15) is 0 Å². The minimum atomic E-state index is -0.329. The smallest absolute Gasteiger partial charge is 0.327 e. The number of nitrogens with zero attached hydrogens (tertiary/aromatic N) is 4. The molecule has 2 atom stereocenters. The van der Waals surface area contributed by atoms with Crippen molar-refractivity contribution in [2.24, 2.45) is 5.92 Å². The Balaban J connectivity index is 1.95. The zero-order valence-corrected chi connectivity index (χ0v) is 12.2. The Bertz CT molecular complexity index is 424. The summed E-state index contributed by atoms with van der Waals surface area (Å²) < 4.78 is 6.16. The topological polar surface area (TPSA) is 69.9 Å². The van der Waals surface area contributed by atoms with Crippen LogP contribution >= 0.6 is 11.8 Å². The zero-order chi connectivity index (χ0) is 13.7. The molecule has 1 aromatic heterocycles. The molecule has 1 aliphatic carbocycles.